The maximum absolute atomic E-state index is 12.8. The Kier molecular flexibility index (Phi) is 25.1. The number of aliphatic carboxylic acids is 1. The number of amides is 2. The Balaban J connectivity index is 0.000000573. The van der Waals surface area contributed by atoms with Crippen LogP contribution in [0.15, 0.2) is 47.5 Å². The summed E-state index contributed by atoms with van der Waals surface area (Å²) >= 11 is 11.5. The first-order valence-electron chi connectivity index (χ1n) is 19.1. The van der Waals surface area contributed by atoms with Crippen molar-refractivity contribution in [3.8, 4) is 23.3 Å². The summed E-state index contributed by atoms with van der Waals surface area (Å²) in [6, 6.07) is 5.44. The highest BCUT2D eigenvalue weighted by molar-refractivity contribution is 7.94. The fourth-order valence-electron chi connectivity index (χ4n) is 4.56. The Labute approximate surface area is 419 Å². The molecule has 35 heteroatoms. The number of urea groups is 1. The van der Waals surface area contributed by atoms with Crippen LogP contribution in [0, 0.1) is 10.1 Å². The van der Waals surface area contributed by atoms with Gasteiger partial charge in [-0.3, -0.25) is 30.2 Å². The van der Waals surface area contributed by atoms with E-state index in [2.05, 4.69) is 39.2 Å². The molecular formula is C37H44Cl2F3N8O19PS2. The number of halogens is 5. The van der Waals surface area contributed by atoms with E-state index in [9.17, 15) is 65.1 Å². The number of aromatic nitrogens is 4. The number of alkyl halides is 3. The minimum atomic E-state index is -4.64. The van der Waals surface area contributed by atoms with Crippen LogP contribution < -0.4 is 34.5 Å². The number of carbonyl (C=O) groups is 5. The topological polar surface area (TPSA) is 389 Å². The maximum Gasteiger partial charge on any atom is 0.416 e. The van der Waals surface area contributed by atoms with Crippen LogP contribution in [0.25, 0.3) is 0 Å². The zero-order valence-electron chi connectivity index (χ0n) is 38.5. The van der Waals surface area contributed by atoms with Gasteiger partial charge in [0.2, 0.25) is 17.7 Å². The number of nitrogens with one attached hydrogen (secondary N) is 3. The molecule has 27 nitrogen and oxygen atoms in total. The molecule has 2 heterocycles. The molecule has 2 atom stereocenters. The zero-order valence-corrected chi connectivity index (χ0v) is 42.5. The van der Waals surface area contributed by atoms with Gasteiger partial charge in [-0.15, -0.1) is 0 Å². The lowest BCUT2D eigenvalue weighted by molar-refractivity contribution is -0.385. The van der Waals surface area contributed by atoms with Crippen molar-refractivity contribution in [1.82, 2.24) is 29.8 Å². The van der Waals surface area contributed by atoms with Crippen molar-refractivity contribution >= 4 is 93.3 Å². The molecule has 72 heavy (non-hydrogen) atoms. The van der Waals surface area contributed by atoms with Gasteiger partial charge in [0.25, 0.3) is 15.7 Å². The molecule has 4 aromatic rings. The molecule has 0 radical (unpaired) electrons. The average molecular weight is 1130 g/mol. The number of aryl methyl sites for hydroxylation is 1. The Hall–Kier alpha value is -6.54. The fraction of sp³-hybridized carbons (Fsp3) is 0.351. The third-order valence-electron chi connectivity index (χ3n) is 7.33. The molecule has 0 saturated carbocycles. The van der Waals surface area contributed by atoms with E-state index in [0.717, 1.165) is 37.4 Å². The number of esters is 2. The van der Waals surface area contributed by atoms with Crippen LogP contribution in [0.2, 0.25) is 10.2 Å². The minimum absolute atomic E-state index is 0.0398. The Morgan fingerprint density at radius 3 is 2.03 bits per heavy atom. The summed E-state index contributed by atoms with van der Waals surface area (Å²) < 4.78 is 100. The number of ether oxygens (including phenoxy) is 5. The summed E-state index contributed by atoms with van der Waals surface area (Å²) in [5.74, 6) is -5.38. The first kappa shape index (κ1) is 63.5. The lowest BCUT2D eigenvalue weighted by atomic mass is 10.1. The van der Waals surface area contributed by atoms with Crippen molar-refractivity contribution in [3.63, 3.8) is 0 Å². The number of benzene rings is 2. The summed E-state index contributed by atoms with van der Waals surface area (Å²) in [4.78, 5) is 93.0. The number of anilines is 1. The van der Waals surface area contributed by atoms with Gasteiger partial charge in [-0.2, -0.15) is 36.7 Å². The summed E-state index contributed by atoms with van der Waals surface area (Å²) in [5.41, 5.74) is -2.95. The molecule has 0 saturated heterocycles. The van der Waals surface area contributed by atoms with Crippen LogP contribution in [0.1, 0.15) is 40.1 Å². The van der Waals surface area contributed by atoms with Crippen molar-refractivity contribution in [3.05, 3.63) is 79.4 Å². The van der Waals surface area contributed by atoms with Gasteiger partial charge in [-0.1, -0.05) is 23.2 Å². The van der Waals surface area contributed by atoms with Gasteiger partial charge in [0.15, 0.2) is 16.3 Å². The van der Waals surface area contributed by atoms with Gasteiger partial charge in [-0.05, 0) is 49.0 Å². The number of nitro benzene ring substituents is 1. The number of aromatic carboxylic acids is 1. The van der Waals surface area contributed by atoms with Crippen LogP contribution in [0.3, 0.4) is 0 Å². The van der Waals surface area contributed by atoms with Crippen molar-refractivity contribution in [2.45, 2.75) is 31.2 Å². The first-order valence-corrected chi connectivity index (χ1v) is 25.5. The second-order valence-electron chi connectivity index (χ2n) is 13.6. The Bertz CT molecular complexity index is 2730. The average Bonchev–Trinajstić information content (AvgIpc) is 3.57. The minimum Gasteiger partial charge on any atom is -0.778 e. The lowest BCUT2D eigenvalue weighted by Crippen LogP contribution is -2.36. The van der Waals surface area contributed by atoms with Gasteiger partial charge in [0.05, 0.1) is 74.0 Å². The lowest BCUT2D eigenvalue weighted by Gasteiger charge is -2.14. The largest absolute Gasteiger partial charge is 0.778 e. The quantitative estimate of drug-likeness (QED) is 0.0287. The highest BCUT2D eigenvalue weighted by Crippen LogP contribution is 2.37. The number of carbonyl (C=O) groups excluding carboxylic acids is 3. The van der Waals surface area contributed by atoms with Crippen molar-refractivity contribution in [2.75, 3.05) is 57.7 Å². The number of nitro groups is 1. The molecule has 0 fully saturated rings. The van der Waals surface area contributed by atoms with Gasteiger partial charge in [0, 0.05) is 19.2 Å². The monoisotopic (exact) mass is 1130 g/mol. The van der Waals surface area contributed by atoms with Gasteiger partial charge in [-0.25, -0.2) is 23.9 Å². The molecule has 2 aromatic carbocycles. The van der Waals surface area contributed by atoms with Crippen LogP contribution in [-0.2, 0) is 57.8 Å². The van der Waals surface area contributed by atoms with Crippen LogP contribution in [0.4, 0.5) is 29.6 Å². The van der Waals surface area contributed by atoms with Crippen molar-refractivity contribution in [2.24, 2.45) is 7.05 Å². The fourth-order valence-corrected chi connectivity index (χ4v) is 6.74. The number of methoxy groups -OCH3 is 2. The number of sulfonamides is 1. The third-order valence-corrected chi connectivity index (χ3v) is 9.95. The molecule has 2 aromatic heterocycles. The molecule has 0 aliphatic carbocycles. The summed E-state index contributed by atoms with van der Waals surface area (Å²) in [7, 11) is -4.57. The number of nitrogens with zero attached hydrogens (tertiary/aromatic N) is 5. The van der Waals surface area contributed by atoms with E-state index >= 15 is 0 Å². The third kappa shape index (κ3) is 21.8. The van der Waals surface area contributed by atoms with E-state index < -0.39 is 110 Å². The van der Waals surface area contributed by atoms with E-state index in [-0.39, 0.29) is 40.8 Å². The molecule has 0 aliphatic heterocycles. The molecule has 0 aliphatic rings. The van der Waals surface area contributed by atoms with Crippen molar-refractivity contribution in [1.29, 1.82) is 0 Å². The normalized spacial score (nSPS) is 12.1. The molecule has 2 amide bonds. The highest BCUT2D eigenvalue weighted by atomic mass is 35.5. The van der Waals surface area contributed by atoms with Crippen LogP contribution in [0.5, 0.6) is 23.3 Å². The maximum atomic E-state index is 12.8. The molecule has 0 bridgehead atoms. The molecular weight excluding hydrogens is 1080 g/mol. The van der Waals surface area contributed by atoms with Crippen molar-refractivity contribution < 1.29 is 98.7 Å². The smallest absolute Gasteiger partial charge is 0.416 e. The molecule has 4 rings (SSSR count). The Morgan fingerprint density at radius 1 is 1.00 bits per heavy atom. The highest BCUT2D eigenvalue weighted by Gasteiger charge is 2.33. The van der Waals surface area contributed by atoms with E-state index in [1.807, 2.05) is 5.32 Å². The second-order valence-corrected chi connectivity index (χ2v) is 20.0. The molecule has 398 valence electrons. The number of hydrogen-bond acceptors (Lipinski definition) is 20. The second kappa shape index (κ2) is 28.5. The van der Waals surface area contributed by atoms with Crippen LogP contribution >= 0.6 is 30.8 Å². The van der Waals surface area contributed by atoms with E-state index in [1.54, 1.807) is 11.6 Å². The summed E-state index contributed by atoms with van der Waals surface area (Å²) in [6.07, 6.45) is -0.0672. The summed E-state index contributed by atoms with van der Waals surface area (Å²) in [6.45, 7) is 2.33. The summed E-state index contributed by atoms with van der Waals surface area (Å²) in [5, 5.41) is 34.2. The molecule has 0 spiro atoms. The number of carboxylic acids is 2. The predicted octanol–water partition coefficient (Wildman–Crippen LogP) is 3.91. The van der Waals surface area contributed by atoms with Gasteiger partial charge < -0.3 is 48.2 Å². The SMILES string of the molecule is CCOC(=O)C(C)OC(=O)c1cc(Oc2ccc(C(F)(F)F)cc2Cl)ccc1[N+](=O)[O-].COc1cc(OC)nc(NC(=O)NS(=O)(=O)c2c(C(=O)O)c(Cl)nn2C)n1.C[S+](C)C.O=C(O)CNCP(=O)([O-])O. The van der Waals surface area contributed by atoms with Crippen LogP contribution in [-0.4, -0.2) is 137 Å². The molecule has 6 N–H and O–H groups in total. The Morgan fingerprint density at radius 2 is 1.57 bits per heavy atom. The van der Waals surface area contributed by atoms with E-state index in [4.69, 9.17) is 62.0 Å². The first-order chi connectivity index (χ1) is 33.2. The van der Waals surface area contributed by atoms with Gasteiger partial charge >= 0.3 is 36.1 Å². The number of carboxylic acid groups (broad SMARTS) is 2. The number of rotatable bonds is 17. The van der Waals surface area contributed by atoms with E-state index in [0.29, 0.717) is 21.6 Å². The predicted molar refractivity (Wildman–Crippen MR) is 246 cm³/mol. The molecule has 2 unspecified atom stereocenters. The standard InChI is InChI=1S/C19H15ClF3NO7.C12H13ClN6O7S.C3H8NO5P.C3H9S/c1-3-29-17(25)10(2)30-18(26)13-9-12(5-6-15(13)24(27)28)31-16-7-4-11(8-14(16)20)19(21,22)23;1-19-9(7(10(20)21)8(13)17-19)27(23,24)18-12(22)16-11-14-5(25-2)4-6(15-11)26-3;5-3(6)1-4-2-10(7,8)9;1-4(2)3/h4-10H,3H2,1-2H3;4H,1-3H3,(H,20,21)(H2,14,15,16,18,22);4H,1-2H2,(H,5,6)(H2,7,8,9);1-3H3/q;;;+1/p-1. The zero-order chi connectivity index (χ0) is 55.5. The number of hydrogen-bond donors (Lipinski definition) is 6. The van der Waals surface area contributed by atoms with Gasteiger partial charge in [0.1, 0.15) is 30.2 Å². The van der Waals surface area contributed by atoms with E-state index in [1.165, 1.54) is 27.2 Å².